The summed E-state index contributed by atoms with van der Waals surface area (Å²) in [7, 11) is 0. The summed E-state index contributed by atoms with van der Waals surface area (Å²) in [5.74, 6) is 0. The summed E-state index contributed by atoms with van der Waals surface area (Å²) in [5, 5.41) is 3.67. The summed E-state index contributed by atoms with van der Waals surface area (Å²) in [4.78, 5) is 17.1. The van der Waals surface area contributed by atoms with E-state index in [2.05, 4.69) is 39.4 Å². The molecule has 1 aromatic carbocycles. The number of fused-ring (bicyclic) bond motifs is 4. The van der Waals surface area contributed by atoms with E-state index < -0.39 is 0 Å². The number of rotatable bonds is 2. The average molecular weight is 420 g/mol. The Morgan fingerprint density at radius 1 is 1.14 bits per heavy atom. The van der Waals surface area contributed by atoms with Crippen molar-refractivity contribution in [3.05, 3.63) is 35.4 Å². The highest BCUT2D eigenvalue weighted by Gasteiger charge is 2.47. The second-order valence-electron chi connectivity index (χ2n) is 9.19. The van der Waals surface area contributed by atoms with Crippen molar-refractivity contribution >= 4 is 18.5 Å². The molecular weight excluding hydrogens is 386 g/mol. The second kappa shape index (κ2) is 8.44. The number of carbonyl (C=O) groups is 1. The normalized spacial score (nSPS) is 30.5. The largest absolute Gasteiger partial charge is 0.450 e. The number of piperidine rings is 2. The van der Waals surface area contributed by atoms with Crippen molar-refractivity contribution in [2.75, 3.05) is 26.2 Å². The minimum absolute atomic E-state index is 0. The lowest BCUT2D eigenvalue weighted by Crippen LogP contribution is -2.57. The molecule has 2 unspecified atom stereocenters. The van der Waals surface area contributed by atoms with Crippen LogP contribution in [0.25, 0.3) is 0 Å². The van der Waals surface area contributed by atoms with Gasteiger partial charge in [0.15, 0.2) is 0 Å². The van der Waals surface area contributed by atoms with Crippen molar-refractivity contribution in [2.45, 2.75) is 75.5 Å². The van der Waals surface area contributed by atoms with Crippen molar-refractivity contribution in [3.63, 3.8) is 0 Å². The molecule has 0 aromatic heterocycles. The lowest BCUT2D eigenvalue weighted by Gasteiger charge is -2.49. The van der Waals surface area contributed by atoms with Gasteiger partial charge >= 0.3 is 6.09 Å². The molecule has 1 spiro atoms. The van der Waals surface area contributed by atoms with E-state index >= 15 is 0 Å². The predicted octanol–water partition coefficient (Wildman–Crippen LogP) is 3.70. The van der Waals surface area contributed by atoms with Gasteiger partial charge in [-0.15, -0.1) is 12.4 Å². The Kier molecular flexibility index (Phi) is 6.10. The van der Waals surface area contributed by atoms with Gasteiger partial charge in [-0.05, 0) is 69.7 Å². The van der Waals surface area contributed by atoms with E-state index in [0.717, 1.165) is 38.8 Å². The van der Waals surface area contributed by atoms with Crippen molar-refractivity contribution < 1.29 is 9.53 Å². The number of amides is 1. The van der Waals surface area contributed by atoms with Crippen molar-refractivity contribution in [3.8, 4) is 0 Å². The lowest BCUT2D eigenvalue weighted by atomic mass is 9.69. The first-order chi connectivity index (χ1) is 13.7. The van der Waals surface area contributed by atoms with Crippen LogP contribution in [-0.4, -0.2) is 60.3 Å². The zero-order chi connectivity index (χ0) is 19.1. The fraction of sp³-hybridized carbons (Fsp3) is 0.696. The van der Waals surface area contributed by atoms with E-state index in [1.54, 1.807) is 5.56 Å². The number of benzene rings is 1. The van der Waals surface area contributed by atoms with Crippen LogP contribution in [0.4, 0.5) is 4.79 Å². The summed E-state index contributed by atoms with van der Waals surface area (Å²) in [6, 6.07) is 10.4. The highest BCUT2D eigenvalue weighted by Crippen LogP contribution is 2.43. The van der Waals surface area contributed by atoms with E-state index in [1.165, 1.54) is 31.5 Å². The van der Waals surface area contributed by atoms with Crippen LogP contribution in [0.1, 0.15) is 56.6 Å². The molecule has 2 bridgehead atoms. The van der Waals surface area contributed by atoms with Crippen LogP contribution >= 0.6 is 12.4 Å². The van der Waals surface area contributed by atoms with E-state index in [0.29, 0.717) is 30.1 Å². The highest BCUT2D eigenvalue weighted by molar-refractivity contribution is 5.85. The van der Waals surface area contributed by atoms with Crippen LogP contribution in [0.2, 0.25) is 0 Å². The Hall–Kier alpha value is -1.30. The number of likely N-dealkylation sites (tertiary alicyclic amines) is 1. The van der Waals surface area contributed by atoms with Gasteiger partial charge in [0.1, 0.15) is 0 Å². The fourth-order valence-electron chi connectivity index (χ4n) is 6.43. The Labute approximate surface area is 180 Å². The Morgan fingerprint density at radius 2 is 1.83 bits per heavy atom. The van der Waals surface area contributed by atoms with Gasteiger partial charge in [0.25, 0.3) is 0 Å². The molecule has 4 heterocycles. The first kappa shape index (κ1) is 21.0. The molecule has 3 fully saturated rings. The van der Waals surface area contributed by atoms with Gasteiger partial charge in [0.05, 0.1) is 6.61 Å². The maximum absolute atomic E-state index is 12.3. The second-order valence-corrected chi connectivity index (χ2v) is 9.19. The minimum Gasteiger partial charge on any atom is -0.450 e. The van der Waals surface area contributed by atoms with E-state index in [1.807, 2.05) is 6.92 Å². The lowest BCUT2D eigenvalue weighted by molar-refractivity contribution is 0.0262. The number of hydrogen-bond donors (Lipinski definition) is 1. The maximum atomic E-state index is 12.3. The zero-order valence-corrected chi connectivity index (χ0v) is 18.3. The Balaban J connectivity index is 0.00000205. The topological polar surface area (TPSA) is 44.8 Å². The van der Waals surface area contributed by atoms with Gasteiger partial charge in [-0.2, -0.15) is 0 Å². The SMILES string of the molecule is CCOC(=O)N1C2CCC1CC(N1CCC3(CC1)CNCc1ccccc13)C2.Cl. The molecule has 5 rings (SSSR count). The highest BCUT2D eigenvalue weighted by atomic mass is 35.5. The molecule has 4 aliphatic heterocycles. The fourth-order valence-corrected chi connectivity index (χ4v) is 6.43. The summed E-state index contributed by atoms with van der Waals surface area (Å²) in [6.45, 7) is 6.86. The molecule has 0 saturated carbocycles. The molecule has 3 saturated heterocycles. The van der Waals surface area contributed by atoms with Crippen LogP contribution in [0.3, 0.4) is 0 Å². The van der Waals surface area contributed by atoms with Crippen LogP contribution in [0.15, 0.2) is 24.3 Å². The van der Waals surface area contributed by atoms with E-state index in [-0.39, 0.29) is 18.5 Å². The van der Waals surface area contributed by atoms with Crippen LogP contribution < -0.4 is 5.32 Å². The molecule has 2 atom stereocenters. The minimum atomic E-state index is -0.0871. The van der Waals surface area contributed by atoms with Crippen LogP contribution in [0, 0.1) is 0 Å². The number of halogens is 1. The Morgan fingerprint density at radius 3 is 2.52 bits per heavy atom. The quantitative estimate of drug-likeness (QED) is 0.793. The van der Waals surface area contributed by atoms with Gasteiger partial charge < -0.3 is 19.9 Å². The third-order valence-corrected chi connectivity index (χ3v) is 7.83. The number of nitrogens with one attached hydrogen (secondary N) is 1. The molecular formula is C23H34ClN3O2. The average Bonchev–Trinajstić information content (AvgIpc) is 2.99. The molecule has 29 heavy (non-hydrogen) atoms. The molecule has 1 N–H and O–H groups in total. The summed E-state index contributed by atoms with van der Waals surface area (Å²) in [6.07, 6.45) is 6.93. The van der Waals surface area contributed by atoms with Crippen LogP contribution in [-0.2, 0) is 16.7 Å². The number of ether oxygens (including phenoxy) is 1. The third-order valence-electron chi connectivity index (χ3n) is 7.83. The smallest absolute Gasteiger partial charge is 0.410 e. The first-order valence-electron chi connectivity index (χ1n) is 11.2. The molecule has 0 aliphatic carbocycles. The summed E-state index contributed by atoms with van der Waals surface area (Å²) < 4.78 is 5.32. The number of hydrogen-bond acceptors (Lipinski definition) is 4. The third kappa shape index (κ3) is 3.66. The molecule has 1 aromatic rings. The predicted molar refractivity (Wildman–Crippen MR) is 117 cm³/mol. The van der Waals surface area contributed by atoms with Gasteiger partial charge in [0, 0.05) is 36.6 Å². The maximum Gasteiger partial charge on any atom is 0.410 e. The summed E-state index contributed by atoms with van der Waals surface area (Å²) in [5.41, 5.74) is 3.39. The van der Waals surface area contributed by atoms with Gasteiger partial charge in [-0.25, -0.2) is 4.79 Å². The monoisotopic (exact) mass is 419 g/mol. The van der Waals surface area contributed by atoms with E-state index in [4.69, 9.17) is 4.74 Å². The molecule has 6 heteroatoms. The number of carbonyl (C=O) groups excluding carboxylic acids is 1. The molecule has 160 valence electrons. The Bertz CT molecular complexity index is 721. The first-order valence-corrected chi connectivity index (χ1v) is 11.2. The number of nitrogens with zero attached hydrogens (tertiary/aromatic N) is 2. The molecule has 4 aliphatic rings. The standard InChI is InChI=1S/C23H33N3O2.ClH/c1-2-28-22(27)26-18-7-8-19(26)14-20(13-18)25-11-9-23(10-12-25)16-24-15-17-5-3-4-6-21(17)23;/h3-6,18-20,24H,2,7-16H2,1H3;1H. The van der Waals surface area contributed by atoms with Crippen molar-refractivity contribution in [1.82, 2.24) is 15.1 Å². The van der Waals surface area contributed by atoms with Gasteiger partial charge in [0.2, 0.25) is 0 Å². The molecule has 0 radical (unpaired) electrons. The van der Waals surface area contributed by atoms with Crippen molar-refractivity contribution in [1.29, 1.82) is 0 Å². The van der Waals surface area contributed by atoms with E-state index in [9.17, 15) is 4.79 Å². The van der Waals surface area contributed by atoms with Gasteiger partial charge in [-0.1, -0.05) is 24.3 Å². The molecule has 1 amide bonds. The van der Waals surface area contributed by atoms with Crippen molar-refractivity contribution in [2.24, 2.45) is 0 Å². The summed E-state index contributed by atoms with van der Waals surface area (Å²) >= 11 is 0. The molecule has 5 nitrogen and oxygen atoms in total. The zero-order valence-electron chi connectivity index (χ0n) is 17.4. The van der Waals surface area contributed by atoms with Crippen LogP contribution in [0.5, 0.6) is 0 Å². The van der Waals surface area contributed by atoms with Gasteiger partial charge in [-0.3, -0.25) is 0 Å².